The molecule has 220 valence electrons. The molecule has 0 atom stereocenters. The van der Waals surface area contributed by atoms with Crippen molar-refractivity contribution in [2.24, 2.45) is 0 Å². The Labute approximate surface area is 268 Å². The lowest BCUT2D eigenvalue weighted by molar-refractivity contribution is -0.114. The van der Waals surface area contributed by atoms with E-state index in [4.69, 9.17) is 39.5 Å². The van der Waals surface area contributed by atoms with Gasteiger partial charge in [0.2, 0.25) is 5.91 Å². The number of anilines is 2. The molecular weight excluding hydrogens is 629 g/mol. The van der Waals surface area contributed by atoms with Gasteiger partial charge in [-0.05, 0) is 66.6 Å². The topological polar surface area (TPSA) is 96.5 Å². The average molecular weight is 655 g/mol. The minimum absolute atomic E-state index is 0.0392. The molecule has 11 heteroatoms. The molecular formula is C32H26Cl3N3O4S. The van der Waals surface area contributed by atoms with Gasteiger partial charge in [0.05, 0.1) is 28.6 Å². The van der Waals surface area contributed by atoms with Crippen LogP contribution in [0, 0.1) is 6.92 Å². The van der Waals surface area contributed by atoms with E-state index >= 15 is 0 Å². The Bertz CT molecular complexity index is 1700. The van der Waals surface area contributed by atoms with Crippen molar-refractivity contribution in [2.45, 2.75) is 11.8 Å². The summed E-state index contributed by atoms with van der Waals surface area (Å²) in [6.45, 7) is 1.84. The number of rotatable bonds is 10. The first-order chi connectivity index (χ1) is 20.6. The maximum absolute atomic E-state index is 13.4. The monoisotopic (exact) mass is 653 g/mol. The van der Waals surface area contributed by atoms with Gasteiger partial charge in [-0.3, -0.25) is 14.4 Å². The number of halogens is 3. The average Bonchev–Trinajstić information content (AvgIpc) is 3.00. The molecule has 4 rings (SSSR count). The van der Waals surface area contributed by atoms with Crippen LogP contribution in [0.1, 0.15) is 21.5 Å². The van der Waals surface area contributed by atoms with E-state index in [0.717, 1.165) is 10.5 Å². The standard InChI is InChI=1S/C32H26Cl3N3O4S/c1-19-14-26(28(42-2)17-25(19)34)37-29(39)18-43-23-12-7-11-22(16-23)36-32(41)27(15-21-10-6-13-24(33)30(21)35)38-31(40)20-8-4-3-5-9-20/h3-17H,18H2,1-2H3,(H,36,41)(H,37,39)(H,38,40)/b27-15+. The number of carbonyl (C=O) groups excluding carboxylic acids is 3. The van der Waals surface area contributed by atoms with E-state index in [1.165, 1.54) is 24.9 Å². The molecule has 0 bridgehead atoms. The number of amides is 3. The second-order valence-electron chi connectivity index (χ2n) is 9.14. The molecule has 0 aliphatic rings. The number of thioether (sulfide) groups is 1. The Morgan fingerprint density at radius 3 is 2.35 bits per heavy atom. The number of hydrogen-bond donors (Lipinski definition) is 3. The number of aryl methyl sites for hydroxylation is 1. The van der Waals surface area contributed by atoms with Crippen LogP contribution < -0.4 is 20.7 Å². The van der Waals surface area contributed by atoms with Crippen LogP contribution in [-0.2, 0) is 9.59 Å². The molecule has 0 fully saturated rings. The minimum Gasteiger partial charge on any atom is -0.495 e. The lowest BCUT2D eigenvalue weighted by atomic mass is 10.1. The van der Waals surface area contributed by atoms with Gasteiger partial charge in [0, 0.05) is 27.2 Å². The van der Waals surface area contributed by atoms with Crippen molar-refractivity contribution in [1.82, 2.24) is 5.32 Å². The molecule has 7 nitrogen and oxygen atoms in total. The molecule has 0 radical (unpaired) electrons. The highest BCUT2D eigenvalue weighted by molar-refractivity contribution is 8.00. The number of methoxy groups -OCH3 is 1. The Kier molecular flexibility index (Phi) is 11.1. The van der Waals surface area contributed by atoms with Crippen molar-refractivity contribution in [3.8, 4) is 5.75 Å². The van der Waals surface area contributed by atoms with E-state index in [2.05, 4.69) is 16.0 Å². The predicted octanol–water partition coefficient (Wildman–Crippen LogP) is 8.10. The van der Waals surface area contributed by atoms with Crippen molar-refractivity contribution in [2.75, 3.05) is 23.5 Å². The van der Waals surface area contributed by atoms with Gasteiger partial charge in [0.25, 0.3) is 11.8 Å². The zero-order chi connectivity index (χ0) is 30.9. The lowest BCUT2D eigenvalue weighted by Gasteiger charge is -2.13. The fraction of sp³-hybridized carbons (Fsp3) is 0.0938. The second kappa shape index (κ2) is 15.0. The first kappa shape index (κ1) is 32.0. The van der Waals surface area contributed by atoms with Crippen LogP contribution in [0.15, 0.2) is 95.5 Å². The summed E-state index contributed by atoms with van der Waals surface area (Å²) in [6, 6.07) is 23.9. The largest absolute Gasteiger partial charge is 0.495 e. The summed E-state index contributed by atoms with van der Waals surface area (Å²) >= 11 is 20.0. The predicted molar refractivity (Wildman–Crippen MR) is 176 cm³/mol. The first-order valence-electron chi connectivity index (χ1n) is 12.8. The summed E-state index contributed by atoms with van der Waals surface area (Å²) in [5, 5.41) is 9.41. The summed E-state index contributed by atoms with van der Waals surface area (Å²) in [5.74, 6) is -0.727. The highest BCUT2D eigenvalue weighted by atomic mass is 35.5. The Balaban J connectivity index is 1.48. The van der Waals surface area contributed by atoms with E-state index in [1.54, 1.807) is 78.9 Å². The Morgan fingerprint density at radius 1 is 0.860 bits per heavy atom. The fourth-order valence-corrected chi connectivity index (χ4v) is 5.13. The van der Waals surface area contributed by atoms with Gasteiger partial charge < -0.3 is 20.7 Å². The van der Waals surface area contributed by atoms with Crippen molar-refractivity contribution < 1.29 is 19.1 Å². The third-order valence-electron chi connectivity index (χ3n) is 6.03. The van der Waals surface area contributed by atoms with Crippen LogP contribution in [0.5, 0.6) is 5.75 Å². The highest BCUT2D eigenvalue weighted by Gasteiger charge is 2.17. The smallest absolute Gasteiger partial charge is 0.272 e. The molecule has 4 aromatic rings. The second-order valence-corrected chi connectivity index (χ2v) is 11.4. The number of benzene rings is 4. The molecule has 0 saturated carbocycles. The van der Waals surface area contributed by atoms with Gasteiger partial charge in [-0.2, -0.15) is 0 Å². The van der Waals surface area contributed by atoms with Gasteiger partial charge in [-0.1, -0.05) is 71.2 Å². The Morgan fingerprint density at radius 2 is 1.60 bits per heavy atom. The molecule has 3 N–H and O–H groups in total. The van der Waals surface area contributed by atoms with Gasteiger partial charge in [0.1, 0.15) is 11.4 Å². The summed E-state index contributed by atoms with van der Waals surface area (Å²) in [7, 11) is 1.50. The molecule has 0 aliphatic heterocycles. The van der Waals surface area contributed by atoms with Gasteiger partial charge in [0.15, 0.2) is 0 Å². The summed E-state index contributed by atoms with van der Waals surface area (Å²) in [4.78, 5) is 39.8. The van der Waals surface area contributed by atoms with Gasteiger partial charge >= 0.3 is 0 Å². The zero-order valence-electron chi connectivity index (χ0n) is 23.0. The normalized spacial score (nSPS) is 11.0. The molecule has 0 saturated heterocycles. The third-order valence-corrected chi connectivity index (χ3v) is 8.26. The number of hydrogen-bond acceptors (Lipinski definition) is 5. The third kappa shape index (κ3) is 8.78. The lowest BCUT2D eigenvalue weighted by Crippen LogP contribution is -2.30. The molecule has 0 unspecified atom stereocenters. The summed E-state index contributed by atoms with van der Waals surface area (Å²) in [5.41, 5.74) is 2.58. The van der Waals surface area contributed by atoms with Crippen LogP contribution in [-0.4, -0.2) is 30.6 Å². The SMILES string of the molecule is COc1cc(Cl)c(C)cc1NC(=O)CSc1cccc(NC(=O)/C(=C\c2cccc(Cl)c2Cl)NC(=O)c2ccccc2)c1. The van der Waals surface area contributed by atoms with Crippen LogP contribution in [0.2, 0.25) is 15.1 Å². The van der Waals surface area contributed by atoms with Crippen molar-refractivity contribution in [1.29, 1.82) is 0 Å². The van der Waals surface area contributed by atoms with Crippen LogP contribution >= 0.6 is 46.6 Å². The molecule has 43 heavy (non-hydrogen) atoms. The van der Waals surface area contributed by atoms with E-state index in [0.29, 0.717) is 38.3 Å². The number of ether oxygens (including phenoxy) is 1. The van der Waals surface area contributed by atoms with Crippen LogP contribution in [0.3, 0.4) is 0 Å². The number of carbonyl (C=O) groups is 3. The molecule has 4 aromatic carbocycles. The van der Waals surface area contributed by atoms with Gasteiger partial charge in [-0.25, -0.2) is 0 Å². The van der Waals surface area contributed by atoms with Crippen LogP contribution in [0.4, 0.5) is 11.4 Å². The van der Waals surface area contributed by atoms with Crippen LogP contribution in [0.25, 0.3) is 6.08 Å². The quantitative estimate of drug-likeness (QED) is 0.119. The van der Waals surface area contributed by atoms with Gasteiger partial charge in [-0.15, -0.1) is 11.8 Å². The molecule has 0 aliphatic carbocycles. The molecule has 0 heterocycles. The molecule has 0 aromatic heterocycles. The minimum atomic E-state index is -0.578. The maximum Gasteiger partial charge on any atom is 0.272 e. The van der Waals surface area contributed by atoms with E-state index < -0.39 is 11.8 Å². The highest BCUT2D eigenvalue weighted by Crippen LogP contribution is 2.32. The van der Waals surface area contributed by atoms with E-state index in [9.17, 15) is 14.4 Å². The van der Waals surface area contributed by atoms with Crippen molar-refractivity contribution in [3.05, 3.63) is 122 Å². The molecule has 3 amide bonds. The van der Waals surface area contributed by atoms with Crippen molar-refractivity contribution >= 4 is 81.7 Å². The first-order valence-corrected chi connectivity index (χ1v) is 15.0. The summed E-state index contributed by atoms with van der Waals surface area (Å²) < 4.78 is 5.32. The zero-order valence-corrected chi connectivity index (χ0v) is 26.1. The maximum atomic E-state index is 13.4. The molecule has 0 spiro atoms. The van der Waals surface area contributed by atoms with E-state index in [1.807, 2.05) is 13.0 Å². The number of nitrogens with one attached hydrogen (secondary N) is 3. The van der Waals surface area contributed by atoms with E-state index in [-0.39, 0.29) is 22.4 Å². The fourth-order valence-electron chi connectivity index (χ4n) is 3.86. The van der Waals surface area contributed by atoms with Crippen molar-refractivity contribution in [3.63, 3.8) is 0 Å². The summed E-state index contributed by atoms with van der Waals surface area (Å²) in [6.07, 6.45) is 1.46. The Hall–Kier alpha value is -3.95.